The molecule has 311 valence electrons. The third kappa shape index (κ3) is 35.6. The summed E-state index contributed by atoms with van der Waals surface area (Å²) in [6.07, 6.45) is 2.22. The van der Waals surface area contributed by atoms with Crippen LogP contribution in [0.5, 0.6) is 0 Å². The SMILES string of the molecule is CC(C)N(CC[S-])CC[N-]CC[S-].CC(C)N1CC[C@@H]([N-]CC[S-])[C@H]([N-]CC[S-])CC1.CC(C)N1C[C@@H]([N-]CC[S-])[C@H]([N-]CC[S-])C1.[O]=[Tc+4].[O]=[Tc+4].[O]=[Tc+4]. The molecule has 0 aliphatic carbocycles. The van der Waals surface area contributed by atoms with Crippen LogP contribution in [0.15, 0.2) is 0 Å². The Morgan fingerprint density at radius 2 is 0.868 bits per heavy atom. The minimum absolute atomic E-state index is 0.340. The van der Waals surface area contributed by atoms with Gasteiger partial charge in [0, 0.05) is 18.1 Å². The number of nitrogens with zero attached hydrogens (tertiary/aromatic N) is 8. The zero-order valence-corrected chi connectivity index (χ0v) is 43.0. The monoisotopic (exact) mass is 1100 g/mol. The molecule has 53 heavy (non-hydrogen) atoms. The molecular weight excluding hydrogens is 1040 g/mol. The van der Waals surface area contributed by atoms with Crippen molar-refractivity contribution in [1.82, 2.24) is 14.7 Å². The Kier molecular flexibility index (Phi) is 56.6. The van der Waals surface area contributed by atoms with Crippen LogP contribution in [0.4, 0.5) is 0 Å². The van der Waals surface area contributed by atoms with Crippen molar-refractivity contribution in [1.29, 1.82) is 0 Å². The van der Waals surface area contributed by atoms with Crippen molar-refractivity contribution in [2.75, 3.05) is 113 Å². The fourth-order valence-corrected chi connectivity index (χ4v) is 6.39. The molecule has 0 N–H and O–H groups in total. The Hall–Kier alpha value is 3.13. The van der Waals surface area contributed by atoms with Crippen LogP contribution in [0.25, 0.3) is 26.6 Å². The van der Waals surface area contributed by atoms with Crippen LogP contribution in [0.3, 0.4) is 0 Å². The van der Waals surface area contributed by atoms with Gasteiger partial charge in [-0.2, -0.15) is 79.3 Å². The predicted octanol–water partition coefficient (Wildman–Crippen LogP) is 4.16. The summed E-state index contributed by atoms with van der Waals surface area (Å²) in [6.45, 7) is 24.5. The van der Waals surface area contributed by atoms with Crippen molar-refractivity contribution < 1.29 is 67.1 Å². The summed E-state index contributed by atoms with van der Waals surface area (Å²) in [7, 11) is 0. The maximum absolute atomic E-state index is 8.22. The molecule has 0 unspecified atom stereocenters. The van der Waals surface area contributed by atoms with Crippen molar-refractivity contribution >= 4 is 75.8 Å². The van der Waals surface area contributed by atoms with Gasteiger partial charge in [0.1, 0.15) is 0 Å². The summed E-state index contributed by atoms with van der Waals surface area (Å²) in [5.74, 6) is 4.41. The molecule has 2 aliphatic rings. The van der Waals surface area contributed by atoms with E-state index in [1.54, 1.807) is 0 Å². The van der Waals surface area contributed by atoms with Crippen LogP contribution in [-0.4, -0.2) is 170 Å². The number of rotatable bonds is 22. The van der Waals surface area contributed by atoms with Gasteiger partial charge in [0.25, 0.3) is 0 Å². The molecule has 2 aliphatic heterocycles. The molecule has 20 heteroatoms. The molecule has 2 fully saturated rings. The summed E-state index contributed by atoms with van der Waals surface area (Å²) in [5.41, 5.74) is 0. The fourth-order valence-electron chi connectivity index (χ4n) is 5.61. The van der Waals surface area contributed by atoms with E-state index < -0.39 is 0 Å². The van der Waals surface area contributed by atoms with E-state index in [1.165, 1.54) is 0 Å². The van der Waals surface area contributed by atoms with Crippen molar-refractivity contribution in [3.63, 3.8) is 0 Å². The number of hydrogen-bond donors (Lipinski definition) is 0. The molecule has 2 saturated heterocycles. The standard InChI is InChI=1S/C13H27N3S2.C11H23N3S2.C9H21N2S2.3O.3Tc/c1-11(2)16-7-3-12(14-5-9-17)13(4-8-16)15-6-10-18;1-9(2)14-7-10(12-3-5-15)11(8-14)13-4-6-16;1-9(2)11(6-8-13)5-3-10-4-7-12;;;;;;/h11-13,17-18H,3-10H2,1-2H3;9-11,15-16H,3-8H2,1-2H3;9,12-13H,3-8H2,1-2H3;;;;;;/q2*-2;-1;;;;3*+4/p-6/t12-,13-;10-,11-;;;;;;;/m11......./s1. The Bertz CT molecular complexity index is 723. The summed E-state index contributed by atoms with van der Waals surface area (Å²) < 4.78 is 24.7. The van der Waals surface area contributed by atoms with Gasteiger partial charge in [-0.1, -0.05) is 12.8 Å². The van der Waals surface area contributed by atoms with E-state index in [1.807, 2.05) is 0 Å². The van der Waals surface area contributed by atoms with Crippen LogP contribution < -0.4 is 0 Å². The van der Waals surface area contributed by atoms with Crippen LogP contribution in [0.2, 0.25) is 0 Å². The Labute approximate surface area is 390 Å². The van der Waals surface area contributed by atoms with Crippen molar-refractivity contribution in [3.8, 4) is 0 Å². The van der Waals surface area contributed by atoms with Gasteiger partial charge in [-0.3, -0.25) is 0 Å². The third-order valence-electron chi connectivity index (χ3n) is 8.34. The summed E-state index contributed by atoms with van der Waals surface area (Å²) in [6, 6.07) is 3.16. The van der Waals surface area contributed by atoms with E-state index in [-0.39, 0.29) is 0 Å². The zero-order chi connectivity index (χ0) is 41.5. The van der Waals surface area contributed by atoms with Crippen LogP contribution in [0, 0.1) is 0 Å². The second-order valence-electron chi connectivity index (χ2n) is 12.7. The normalized spacial score (nSPS) is 20.3. The van der Waals surface area contributed by atoms with Gasteiger partial charge >= 0.3 is 67.1 Å². The molecule has 0 aromatic heterocycles. The molecule has 11 nitrogen and oxygen atoms in total. The molecule has 0 aromatic carbocycles. The molecule has 0 bridgehead atoms. The number of hydrogen-bond acceptors (Lipinski definition) is 12. The van der Waals surface area contributed by atoms with Gasteiger partial charge in [0.2, 0.25) is 0 Å². The molecule has 0 aromatic rings. The Morgan fingerprint density at radius 1 is 0.509 bits per heavy atom. The van der Waals surface area contributed by atoms with Crippen LogP contribution in [-0.2, 0) is 143 Å². The molecule has 0 radical (unpaired) electrons. The van der Waals surface area contributed by atoms with Gasteiger partial charge < -0.3 is 117 Å². The maximum atomic E-state index is 8.22. The first-order valence-electron chi connectivity index (χ1n) is 18.1. The van der Waals surface area contributed by atoms with E-state index in [0.29, 0.717) is 53.8 Å². The molecular formula is C33H65N8O3S6Tc3+. The average molecular weight is 1110 g/mol. The fraction of sp³-hybridized carbons (Fsp3) is 1.00. The summed E-state index contributed by atoms with van der Waals surface area (Å²) in [5, 5.41) is 23.0. The van der Waals surface area contributed by atoms with Crippen molar-refractivity contribution in [2.45, 2.75) is 96.7 Å². The average Bonchev–Trinajstić information content (AvgIpc) is 3.48. The van der Waals surface area contributed by atoms with Gasteiger partial charge in [-0.25, -0.2) is 0 Å². The summed E-state index contributed by atoms with van der Waals surface area (Å²) >= 11 is 32.3. The molecule has 2 heterocycles. The van der Waals surface area contributed by atoms with Gasteiger partial charge in [-0.05, 0) is 80.8 Å². The van der Waals surface area contributed by atoms with Gasteiger partial charge in [0.15, 0.2) is 0 Å². The first-order chi connectivity index (χ1) is 25.6. The van der Waals surface area contributed by atoms with Crippen molar-refractivity contribution in [3.05, 3.63) is 26.6 Å². The third-order valence-corrected chi connectivity index (χ3v) is 9.43. The molecule has 0 spiro atoms. The Balaban J connectivity index is -0.000000320. The molecule has 0 saturated carbocycles. The van der Waals surface area contributed by atoms with E-state index in [2.05, 4.69) is 72.2 Å². The molecule has 0 amide bonds. The van der Waals surface area contributed by atoms with E-state index in [0.717, 1.165) is 171 Å². The summed E-state index contributed by atoms with van der Waals surface area (Å²) in [4.78, 5) is 7.33. The molecule has 2 rings (SSSR count). The van der Waals surface area contributed by atoms with Crippen molar-refractivity contribution in [2.24, 2.45) is 0 Å². The van der Waals surface area contributed by atoms with Gasteiger partial charge in [0.05, 0.1) is 0 Å². The van der Waals surface area contributed by atoms with E-state index in [4.69, 9.17) is 96.9 Å². The van der Waals surface area contributed by atoms with Crippen LogP contribution >= 0.6 is 0 Å². The van der Waals surface area contributed by atoms with Gasteiger partial charge in [-0.15, -0.1) is 18.6 Å². The first-order valence-corrected chi connectivity index (χ1v) is 23.8. The second kappa shape index (κ2) is 47.8. The van der Waals surface area contributed by atoms with E-state index >= 15 is 0 Å². The molecule has 4 atom stereocenters. The zero-order valence-electron chi connectivity index (χ0n) is 32.6. The first kappa shape index (κ1) is 62.8. The second-order valence-corrected chi connectivity index (χ2v) is 15.1. The van der Waals surface area contributed by atoms with Crippen LogP contribution in [0.1, 0.15) is 54.4 Å². The topological polar surface area (TPSA) is 131 Å². The predicted molar refractivity (Wildman–Crippen MR) is 226 cm³/mol. The van der Waals surface area contributed by atoms with E-state index in [9.17, 15) is 0 Å². The quantitative estimate of drug-likeness (QED) is 0.114. The number of likely N-dealkylation sites (tertiary alicyclic amines) is 2. The minimum atomic E-state index is 0.340. The Morgan fingerprint density at radius 3 is 1.17 bits per heavy atom.